The lowest BCUT2D eigenvalue weighted by molar-refractivity contribution is 0.0662. The quantitative estimate of drug-likeness (QED) is 0.894. The van der Waals surface area contributed by atoms with Crippen LogP contribution in [0.15, 0.2) is 28.7 Å². The number of hydrogen-bond acceptors (Lipinski definition) is 3. The van der Waals surface area contributed by atoms with Crippen LogP contribution in [0.3, 0.4) is 0 Å². The van der Waals surface area contributed by atoms with E-state index in [0.717, 1.165) is 5.56 Å². The molecule has 4 nitrogen and oxygen atoms in total. The Hall–Kier alpha value is -2.10. The van der Waals surface area contributed by atoms with Gasteiger partial charge < -0.3 is 9.52 Å². The van der Waals surface area contributed by atoms with Crippen LogP contribution in [0, 0.1) is 6.92 Å². The van der Waals surface area contributed by atoms with E-state index in [0.29, 0.717) is 11.6 Å². The first-order valence-electron chi connectivity index (χ1n) is 6.10. The van der Waals surface area contributed by atoms with E-state index in [9.17, 15) is 4.79 Å². The van der Waals surface area contributed by atoms with Crippen molar-refractivity contribution in [3.63, 3.8) is 0 Å². The molecule has 0 aliphatic heterocycles. The molecule has 19 heavy (non-hydrogen) atoms. The Morgan fingerprint density at radius 3 is 2.26 bits per heavy atom. The van der Waals surface area contributed by atoms with Crippen LogP contribution in [0.1, 0.15) is 42.8 Å². The molecular formula is C15H17NO3. The topological polar surface area (TPSA) is 63.3 Å². The van der Waals surface area contributed by atoms with Crippen molar-refractivity contribution < 1.29 is 14.3 Å². The zero-order valence-electron chi connectivity index (χ0n) is 11.5. The third kappa shape index (κ3) is 2.67. The molecule has 1 aromatic carbocycles. The fraction of sp³-hybridized carbons (Fsp3) is 0.333. The molecule has 2 aromatic rings. The van der Waals surface area contributed by atoms with E-state index in [4.69, 9.17) is 9.52 Å². The van der Waals surface area contributed by atoms with Crippen molar-refractivity contribution in [2.45, 2.75) is 33.1 Å². The fourth-order valence-corrected chi connectivity index (χ4v) is 1.90. The summed E-state index contributed by atoms with van der Waals surface area (Å²) in [4.78, 5) is 15.2. The van der Waals surface area contributed by atoms with Crippen LogP contribution in [0.25, 0.3) is 11.3 Å². The highest BCUT2D eigenvalue weighted by molar-refractivity contribution is 5.91. The Balaban J connectivity index is 2.46. The lowest BCUT2D eigenvalue weighted by Crippen LogP contribution is -2.10. The summed E-state index contributed by atoms with van der Waals surface area (Å²) in [6, 6.07) is 7.74. The van der Waals surface area contributed by atoms with Crippen molar-refractivity contribution in [1.29, 1.82) is 0 Å². The second-order valence-corrected chi connectivity index (χ2v) is 5.54. The van der Waals surface area contributed by atoms with Crippen LogP contribution in [0.4, 0.5) is 0 Å². The molecule has 0 fully saturated rings. The number of aromatic nitrogens is 1. The van der Waals surface area contributed by atoms with Gasteiger partial charge in [-0.1, -0.05) is 45.0 Å². The molecule has 0 spiro atoms. The van der Waals surface area contributed by atoms with Gasteiger partial charge in [0, 0.05) is 12.5 Å². The van der Waals surface area contributed by atoms with E-state index in [1.54, 1.807) is 6.92 Å². The minimum Gasteiger partial charge on any atom is -0.475 e. The van der Waals surface area contributed by atoms with E-state index in [1.165, 1.54) is 5.56 Å². The summed E-state index contributed by atoms with van der Waals surface area (Å²) < 4.78 is 5.12. The normalized spacial score (nSPS) is 11.6. The van der Waals surface area contributed by atoms with Gasteiger partial charge in [-0.15, -0.1) is 0 Å². The van der Waals surface area contributed by atoms with E-state index >= 15 is 0 Å². The molecule has 0 bridgehead atoms. The lowest BCUT2D eigenvalue weighted by Gasteiger charge is -2.18. The van der Waals surface area contributed by atoms with Gasteiger partial charge in [0.15, 0.2) is 5.89 Å². The number of aromatic carboxylic acids is 1. The molecule has 0 aliphatic rings. The van der Waals surface area contributed by atoms with E-state index in [1.807, 2.05) is 24.3 Å². The van der Waals surface area contributed by atoms with Crippen LogP contribution in [-0.4, -0.2) is 16.1 Å². The molecule has 0 saturated carbocycles. The van der Waals surface area contributed by atoms with Crippen LogP contribution >= 0.6 is 0 Å². The summed E-state index contributed by atoms with van der Waals surface area (Å²) in [6.07, 6.45) is 0. The maximum absolute atomic E-state index is 11.1. The second-order valence-electron chi connectivity index (χ2n) is 5.54. The minimum atomic E-state index is -1.10. The first-order chi connectivity index (χ1) is 8.79. The molecule has 0 amide bonds. The van der Waals surface area contributed by atoms with Gasteiger partial charge in [-0.05, 0) is 11.0 Å². The van der Waals surface area contributed by atoms with Gasteiger partial charge in [0.1, 0.15) is 5.69 Å². The molecular weight excluding hydrogens is 242 g/mol. The summed E-state index contributed by atoms with van der Waals surface area (Å²) in [5, 5.41) is 9.09. The Bertz CT molecular complexity index is 603. The molecule has 1 N–H and O–H groups in total. The molecule has 2 rings (SSSR count). The highest BCUT2D eigenvalue weighted by atomic mass is 16.4. The Labute approximate surface area is 112 Å². The van der Waals surface area contributed by atoms with E-state index in [-0.39, 0.29) is 11.2 Å². The third-order valence-corrected chi connectivity index (χ3v) is 2.95. The zero-order valence-corrected chi connectivity index (χ0v) is 11.5. The highest BCUT2D eigenvalue weighted by Gasteiger charge is 2.20. The zero-order chi connectivity index (χ0) is 14.2. The summed E-state index contributed by atoms with van der Waals surface area (Å²) in [7, 11) is 0. The first kappa shape index (κ1) is 13.3. The van der Waals surface area contributed by atoms with Crippen LogP contribution in [0.2, 0.25) is 0 Å². The van der Waals surface area contributed by atoms with Crippen molar-refractivity contribution in [3.8, 4) is 11.3 Å². The predicted octanol–water partition coefficient (Wildman–Crippen LogP) is 3.65. The molecule has 1 heterocycles. The number of carboxylic acid groups (broad SMARTS) is 1. The number of carboxylic acids is 1. The van der Waals surface area contributed by atoms with Crippen molar-refractivity contribution in [2.24, 2.45) is 0 Å². The van der Waals surface area contributed by atoms with Crippen molar-refractivity contribution in [3.05, 3.63) is 41.5 Å². The molecule has 0 atom stereocenters. The van der Waals surface area contributed by atoms with Crippen LogP contribution < -0.4 is 0 Å². The summed E-state index contributed by atoms with van der Waals surface area (Å²) in [5.41, 5.74) is 2.38. The average molecular weight is 259 g/mol. The molecule has 0 aliphatic carbocycles. The maximum Gasteiger partial charge on any atom is 0.374 e. The van der Waals surface area contributed by atoms with Gasteiger partial charge in [0.05, 0.1) is 0 Å². The highest BCUT2D eigenvalue weighted by Crippen LogP contribution is 2.28. The fourth-order valence-electron chi connectivity index (χ4n) is 1.90. The number of carbonyl (C=O) groups is 1. The molecule has 1 aromatic heterocycles. The first-order valence-corrected chi connectivity index (χ1v) is 6.10. The number of oxazole rings is 1. The SMILES string of the molecule is Cc1nc(-c2ccc(C(C)(C)C)cc2)c(C(=O)O)o1. The number of aryl methyl sites for hydroxylation is 1. The van der Waals surface area contributed by atoms with Gasteiger partial charge in [0.2, 0.25) is 5.76 Å². The van der Waals surface area contributed by atoms with Gasteiger partial charge in [-0.25, -0.2) is 9.78 Å². The third-order valence-electron chi connectivity index (χ3n) is 2.95. The van der Waals surface area contributed by atoms with Gasteiger partial charge in [-0.3, -0.25) is 0 Å². The minimum absolute atomic E-state index is 0.0634. The number of benzene rings is 1. The van der Waals surface area contributed by atoms with Gasteiger partial charge in [-0.2, -0.15) is 0 Å². The molecule has 0 unspecified atom stereocenters. The number of nitrogens with zero attached hydrogens (tertiary/aromatic N) is 1. The molecule has 0 radical (unpaired) electrons. The van der Waals surface area contributed by atoms with E-state index < -0.39 is 5.97 Å². The number of hydrogen-bond donors (Lipinski definition) is 1. The lowest BCUT2D eigenvalue weighted by atomic mass is 9.86. The second kappa shape index (κ2) is 4.53. The van der Waals surface area contributed by atoms with E-state index in [2.05, 4.69) is 25.8 Å². The van der Waals surface area contributed by atoms with Gasteiger partial charge in [0.25, 0.3) is 0 Å². The smallest absolute Gasteiger partial charge is 0.374 e. The van der Waals surface area contributed by atoms with Gasteiger partial charge >= 0.3 is 5.97 Å². The molecule has 0 saturated heterocycles. The summed E-state index contributed by atoms with van der Waals surface area (Å²) >= 11 is 0. The molecule has 4 heteroatoms. The molecule has 100 valence electrons. The summed E-state index contributed by atoms with van der Waals surface area (Å²) in [5.74, 6) is -0.858. The van der Waals surface area contributed by atoms with Crippen molar-refractivity contribution in [2.75, 3.05) is 0 Å². The Kier molecular flexibility index (Phi) is 3.18. The van der Waals surface area contributed by atoms with Crippen LogP contribution in [0.5, 0.6) is 0 Å². The van der Waals surface area contributed by atoms with Crippen molar-refractivity contribution >= 4 is 5.97 Å². The predicted molar refractivity (Wildman–Crippen MR) is 72.3 cm³/mol. The Morgan fingerprint density at radius 1 is 1.21 bits per heavy atom. The number of rotatable bonds is 2. The Morgan fingerprint density at radius 2 is 1.79 bits per heavy atom. The summed E-state index contributed by atoms with van der Waals surface area (Å²) in [6.45, 7) is 8.03. The maximum atomic E-state index is 11.1. The van der Waals surface area contributed by atoms with Crippen LogP contribution in [-0.2, 0) is 5.41 Å². The average Bonchev–Trinajstić information content (AvgIpc) is 2.70. The monoisotopic (exact) mass is 259 g/mol. The largest absolute Gasteiger partial charge is 0.475 e. The standard InChI is InChI=1S/C15H17NO3/c1-9-16-12(13(19-9)14(17)18)10-5-7-11(8-6-10)15(2,3)4/h5-8H,1-4H3,(H,17,18). The van der Waals surface area contributed by atoms with Crippen molar-refractivity contribution in [1.82, 2.24) is 4.98 Å².